The largest absolute Gasteiger partial charge is 0.472 e. The number of carbonyl (C=O) groups is 4. The van der Waals surface area contributed by atoms with E-state index in [0.717, 1.165) is 114 Å². The number of rotatable bonds is 70. The van der Waals surface area contributed by atoms with Gasteiger partial charge in [0.05, 0.1) is 26.4 Å². The van der Waals surface area contributed by atoms with Gasteiger partial charge >= 0.3 is 39.5 Å². The summed E-state index contributed by atoms with van der Waals surface area (Å²) in [5.74, 6) is 0.889. The fraction of sp³-hybridized carbons (Fsp3) is 0.945. The Morgan fingerprint density at radius 3 is 0.674 bits per heavy atom. The zero-order valence-corrected chi connectivity index (χ0v) is 62.0. The van der Waals surface area contributed by atoms with Crippen LogP contribution in [0.5, 0.6) is 0 Å². The average Bonchev–Trinajstić information content (AvgIpc) is 3.15. The number of ether oxygens (including phenoxy) is 4. The molecule has 92 heavy (non-hydrogen) atoms. The zero-order valence-electron chi connectivity index (χ0n) is 60.2. The Morgan fingerprint density at radius 2 is 0.457 bits per heavy atom. The van der Waals surface area contributed by atoms with Crippen molar-refractivity contribution < 1.29 is 80.2 Å². The Morgan fingerprint density at radius 1 is 0.272 bits per heavy atom. The lowest BCUT2D eigenvalue weighted by Crippen LogP contribution is -2.30. The van der Waals surface area contributed by atoms with Crippen LogP contribution < -0.4 is 0 Å². The standard InChI is InChI=1S/C73H142O17P2/c1-63(2)49-41-33-25-17-11-9-10-12-21-31-39-47-55-72(77)89-68(59-83-70(75)53-45-37-29-20-15-13-18-26-34-42-50-64(3)4)61-87-91(79,80)85-57-67(74)58-86-92(81,82)88-62-69(60-84-71(76)54-46-38-30-24-23-28-36-44-52-66(7)8)90-73(78)56-48-40-32-22-16-14-19-27-35-43-51-65(5)6/h63-69,74H,9-62H2,1-8H3,(H,79,80)(H,81,82)/t67?,68-,69-/m1/s1. The molecule has 0 fully saturated rings. The van der Waals surface area contributed by atoms with Crippen LogP contribution >= 0.6 is 15.6 Å². The van der Waals surface area contributed by atoms with Gasteiger partial charge in [-0.05, 0) is 49.4 Å². The molecule has 0 radical (unpaired) electrons. The fourth-order valence-corrected chi connectivity index (χ4v) is 12.6. The summed E-state index contributed by atoms with van der Waals surface area (Å²) in [6, 6.07) is 0. The highest BCUT2D eigenvalue weighted by Gasteiger charge is 2.30. The van der Waals surface area contributed by atoms with Crippen LogP contribution in [0.3, 0.4) is 0 Å². The van der Waals surface area contributed by atoms with Crippen LogP contribution in [0, 0.1) is 23.7 Å². The molecule has 5 atom stereocenters. The molecule has 0 rings (SSSR count). The molecule has 19 heteroatoms. The quantitative estimate of drug-likeness (QED) is 0.0222. The number of aliphatic hydroxyl groups is 1. The molecule has 0 saturated heterocycles. The first-order valence-corrected chi connectivity index (χ1v) is 40.7. The van der Waals surface area contributed by atoms with Crippen molar-refractivity contribution in [2.24, 2.45) is 23.7 Å². The Balaban J connectivity index is 5.27. The monoisotopic (exact) mass is 1350 g/mol. The van der Waals surface area contributed by atoms with Gasteiger partial charge in [0, 0.05) is 25.7 Å². The van der Waals surface area contributed by atoms with E-state index in [1.54, 1.807) is 0 Å². The molecule has 0 bridgehead atoms. The zero-order chi connectivity index (χ0) is 68.2. The molecule has 0 aromatic rings. The van der Waals surface area contributed by atoms with Gasteiger partial charge in [-0.3, -0.25) is 37.3 Å². The highest BCUT2D eigenvalue weighted by atomic mass is 31.2. The van der Waals surface area contributed by atoms with Crippen molar-refractivity contribution in [2.45, 2.75) is 382 Å². The molecule has 0 heterocycles. The third-order valence-electron chi connectivity index (χ3n) is 16.8. The first-order chi connectivity index (χ1) is 44.1. The Labute approximate surface area is 562 Å². The number of aliphatic hydroxyl groups excluding tert-OH is 1. The van der Waals surface area contributed by atoms with Crippen molar-refractivity contribution in [1.82, 2.24) is 0 Å². The SMILES string of the molecule is CC(C)CCCCCCCCCCCCCCC(=O)O[C@H](COC(=O)CCCCCCCCCCCCC(C)C)COP(=O)(O)OCC(O)COP(=O)(O)OC[C@@H](COC(=O)CCCCCCCCCCC(C)C)OC(=O)CCCCCCCCCCCCC(C)C. The first kappa shape index (κ1) is 90.1. The molecule has 0 aliphatic carbocycles. The van der Waals surface area contributed by atoms with Crippen LogP contribution in [-0.4, -0.2) is 96.7 Å². The molecule has 0 saturated carbocycles. The summed E-state index contributed by atoms with van der Waals surface area (Å²) < 4.78 is 68.4. The maximum Gasteiger partial charge on any atom is 0.472 e. The molecule has 0 aromatic heterocycles. The summed E-state index contributed by atoms with van der Waals surface area (Å²) in [4.78, 5) is 72.7. The van der Waals surface area contributed by atoms with Gasteiger partial charge in [0.1, 0.15) is 19.3 Å². The summed E-state index contributed by atoms with van der Waals surface area (Å²) in [5, 5.41) is 10.6. The lowest BCUT2D eigenvalue weighted by molar-refractivity contribution is -0.161. The number of hydrogen-bond acceptors (Lipinski definition) is 15. The van der Waals surface area contributed by atoms with E-state index in [1.807, 2.05) is 0 Å². The summed E-state index contributed by atoms with van der Waals surface area (Å²) >= 11 is 0. The molecule has 0 amide bonds. The molecule has 3 unspecified atom stereocenters. The summed E-state index contributed by atoms with van der Waals surface area (Å²) in [6.07, 6.45) is 45.8. The molecule has 0 spiro atoms. The van der Waals surface area contributed by atoms with Crippen molar-refractivity contribution in [3.05, 3.63) is 0 Å². The minimum atomic E-state index is -4.96. The van der Waals surface area contributed by atoms with Crippen LogP contribution in [0.25, 0.3) is 0 Å². The number of phosphoric ester groups is 2. The molecular weight excluding hydrogens is 1210 g/mol. The predicted molar refractivity (Wildman–Crippen MR) is 372 cm³/mol. The third kappa shape index (κ3) is 66.7. The van der Waals surface area contributed by atoms with Crippen molar-refractivity contribution in [2.75, 3.05) is 39.6 Å². The molecule has 17 nitrogen and oxygen atoms in total. The maximum atomic E-state index is 13.1. The van der Waals surface area contributed by atoms with Crippen molar-refractivity contribution in [3.8, 4) is 0 Å². The molecule has 0 aromatic carbocycles. The second-order valence-corrected chi connectivity index (χ2v) is 31.1. The third-order valence-corrected chi connectivity index (χ3v) is 18.7. The summed E-state index contributed by atoms with van der Waals surface area (Å²) in [6.45, 7) is 14.1. The summed E-state index contributed by atoms with van der Waals surface area (Å²) in [5.41, 5.74) is 0. The maximum absolute atomic E-state index is 13.1. The minimum Gasteiger partial charge on any atom is -0.462 e. The molecule has 0 aliphatic heterocycles. The van der Waals surface area contributed by atoms with Crippen molar-refractivity contribution >= 4 is 39.5 Å². The molecular formula is C73H142O17P2. The van der Waals surface area contributed by atoms with Gasteiger partial charge in [-0.2, -0.15) is 0 Å². The van der Waals surface area contributed by atoms with Crippen LogP contribution in [0.1, 0.15) is 364 Å². The van der Waals surface area contributed by atoms with E-state index >= 15 is 0 Å². The Bertz CT molecular complexity index is 1820. The topological polar surface area (TPSA) is 237 Å². The van der Waals surface area contributed by atoms with Gasteiger partial charge in [0.25, 0.3) is 0 Å². The van der Waals surface area contributed by atoms with Crippen LogP contribution in [0.15, 0.2) is 0 Å². The van der Waals surface area contributed by atoms with Crippen molar-refractivity contribution in [3.63, 3.8) is 0 Å². The normalized spacial score (nSPS) is 14.2. The van der Waals surface area contributed by atoms with Crippen LogP contribution in [0.2, 0.25) is 0 Å². The highest BCUT2D eigenvalue weighted by molar-refractivity contribution is 7.47. The lowest BCUT2D eigenvalue weighted by atomic mass is 10.0. The molecule has 546 valence electrons. The minimum absolute atomic E-state index is 0.105. The number of hydrogen-bond donors (Lipinski definition) is 3. The molecule has 0 aliphatic rings. The van der Waals surface area contributed by atoms with Crippen LogP contribution in [-0.2, 0) is 65.4 Å². The smallest absolute Gasteiger partial charge is 0.462 e. The number of unbranched alkanes of at least 4 members (excludes halogenated alkanes) is 36. The average molecular weight is 1350 g/mol. The number of phosphoric acid groups is 2. The van der Waals surface area contributed by atoms with E-state index in [4.69, 9.17) is 37.0 Å². The number of carbonyl (C=O) groups excluding carboxylic acids is 4. The van der Waals surface area contributed by atoms with Gasteiger partial charge in [-0.1, -0.05) is 312 Å². The van der Waals surface area contributed by atoms with Gasteiger partial charge in [-0.25, -0.2) is 9.13 Å². The highest BCUT2D eigenvalue weighted by Crippen LogP contribution is 2.45. The Hall–Kier alpha value is -1.94. The summed E-state index contributed by atoms with van der Waals surface area (Å²) in [7, 11) is -9.91. The van der Waals surface area contributed by atoms with Gasteiger partial charge in [0.2, 0.25) is 0 Å². The van der Waals surface area contributed by atoms with Gasteiger partial charge in [-0.15, -0.1) is 0 Å². The Kier molecular flexibility index (Phi) is 61.3. The molecule has 3 N–H and O–H groups in total. The van der Waals surface area contributed by atoms with E-state index in [9.17, 15) is 43.2 Å². The fourth-order valence-electron chi connectivity index (χ4n) is 11.0. The number of esters is 4. The van der Waals surface area contributed by atoms with E-state index in [2.05, 4.69) is 55.4 Å². The second kappa shape index (κ2) is 62.6. The van der Waals surface area contributed by atoms with E-state index < -0.39 is 97.5 Å². The predicted octanol–water partition coefficient (Wildman–Crippen LogP) is 20.9. The van der Waals surface area contributed by atoms with E-state index in [-0.39, 0.29) is 25.7 Å². The lowest BCUT2D eigenvalue weighted by Gasteiger charge is -2.21. The van der Waals surface area contributed by atoms with E-state index in [1.165, 1.54) is 167 Å². The van der Waals surface area contributed by atoms with Crippen molar-refractivity contribution in [1.29, 1.82) is 0 Å². The van der Waals surface area contributed by atoms with Gasteiger partial charge < -0.3 is 33.8 Å². The van der Waals surface area contributed by atoms with Crippen LogP contribution in [0.4, 0.5) is 0 Å². The second-order valence-electron chi connectivity index (χ2n) is 28.2. The van der Waals surface area contributed by atoms with E-state index in [0.29, 0.717) is 25.7 Å². The van der Waals surface area contributed by atoms with Gasteiger partial charge in [0.15, 0.2) is 12.2 Å². The first-order valence-electron chi connectivity index (χ1n) is 37.7.